The van der Waals surface area contributed by atoms with E-state index in [2.05, 4.69) is 31.4 Å². The van der Waals surface area contributed by atoms with Crippen molar-refractivity contribution in [3.8, 4) is 0 Å². The van der Waals surface area contributed by atoms with Gasteiger partial charge in [-0.25, -0.2) is 0 Å². The number of hydrogen-bond donors (Lipinski definition) is 1. The van der Waals surface area contributed by atoms with E-state index < -0.39 is 0 Å². The lowest BCUT2D eigenvalue weighted by Gasteiger charge is -2.15. The van der Waals surface area contributed by atoms with Crippen molar-refractivity contribution in [3.63, 3.8) is 0 Å². The molecule has 0 heterocycles. The minimum absolute atomic E-state index is 0. The van der Waals surface area contributed by atoms with Gasteiger partial charge in [0, 0.05) is 20.7 Å². The fraction of sp³-hybridized carbons (Fsp3) is 1.00. The fourth-order valence-corrected chi connectivity index (χ4v) is 0.964. The second-order valence-electron chi connectivity index (χ2n) is 1.75. The molecule has 0 aromatic carbocycles. The summed E-state index contributed by atoms with van der Waals surface area (Å²) in [6, 6.07) is 0. The molecule has 0 saturated heterocycles. The lowest BCUT2D eigenvalue weighted by molar-refractivity contribution is 0.324. The molecule has 0 bridgehead atoms. The Morgan fingerprint density at radius 1 is 1.22 bits per heavy atom. The molecule has 0 atom stereocenters. The maximum Gasteiger partial charge on any atom is 0.00696 e. The third-order valence-corrected chi connectivity index (χ3v) is 1.51. The summed E-state index contributed by atoms with van der Waals surface area (Å²) in [6.07, 6.45) is 0. The molecule has 0 aliphatic rings. The van der Waals surface area contributed by atoms with E-state index in [0.29, 0.717) is 0 Å². The quantitative estimate of drug-likeness (QED) is 0.452. The maximum atomic E-state index is 4.13. The Kier molecular flexibility index (Phi) is 11.3. The normalized spacial score (nSPS) is 9.33. The summed E-state index contributed by atoms with van der Waals surface area (Å²) in [6.45, 7) is 7.77. The predicted molar refractivity (Wildman–Crippen MR) is 47.4 cm³/mol. The Morgan fingerprint density at radius 2 is 1.67 bits per heavy atom. The summed E-state index contributed by atoms with van der Waals surface area (Å²) in [5.74, 6) is 0.974. The smallest absolute Gasteiger partial charge is 0.00696 e. The van der Waals surface area contributed by atoms with Gasteiger partial charge in [0.25, 0.3) is 0 Å². The van der Waals surface area contributed by atoms with Crippen LogP contribution in [0.3, 0.4) is 0 Å². The Morgan fingerprint density at radius 3 is 1.78 bits per heavy atom. The third-order valence-electron chi connectivity index (χ3n) is 1.31. The zero-order valence-corrected chi connectivity index (χ0v) is 7.19. The van der Waals surface area contributed by atoms with Crippen molar-refractivity contribution in [2.24, 2.45) is 0 Å². The first kappa shape index (κ1) is 12.1. The Bertz CT molecular complexity index is 48.3. The molecule has 0 unspecified atom stereocenters. The molecule has 0 saturated carbocycles. The van der Waals surface area contributed by atoms with Gasteiger partial charge in [0.05, 0.1) is 0 Å². The first-order valence-electron chi connectivity index (χ1n) is 3.18. The van der Waals surface area contributed by atoms with Gasteiger partial charge in [-0.05, 0) is 13.1 Å². The highest BCUT2D eigenvalue weighted by Crippen LogP contribution is 1.86. The Hall–Kier alpha value is 0.375. The van der Waals surface area contributed by atoms with Gasteiger partial charge in [-0.3, -0.25) is 0 Å². The van der Waals surface area contributed by atoms with E-state index in [9.17, 15) is 0 Å². The highest BCUT2D eigenvalue weighted by Gasteiger charge is 1.93. The van der Waals surface area contributed by atoms with Crippen LogP contribution in [0.1, 0.15) is 13.8 Å². The van der Waals surface area contributed by atoms with E-state index in [1.54, 1.807) is 0 Å². The number of rotatable bonds is 4. The van der Waals surface area contributed by atoms with Crippen LogP contribution in [0.2, 0.25) is 0 Å². The van der Waals surface area contributed by atoms with Crippen LogP contribution in [-0.2, 0) is 0 Å². The lowest BCUT2D eigenvalue weighted by Crippen LogP contribution is -2.24. The van der Waals surface area contributed by atoms with Crippen LogP contribution in [0.25, 0.3) is 0 Å². The van der Waals surface area contributed by atoms with E-state index in [4.69, 9.17) is 0 Å². The largest absolute Gasteiger partial charge is 0.303 e. The highest BCUT2D eigenvalue weighted by atomic mass is 32.1. The standard InChI is InChI=1S/C6H15NS.B/c1-3-7(4-2)5-6-8;/h8H,3-6H2,1-2H3;. The first-order chi connectivity index (χ1) is 3.85. The van der Waals surface area contributed by atoms with Crippen molar-refractivity contribution in [1.29, 1.82) is 0 Å². The molecule has 0 spiro atoms. The highest BCUT2D eigenvalue weighted by molar-refractivity contribution is 7.80. The molecule has 3 radical (unpaired) electrons. The molecule has 0 aliphatic carbocycles. The number of nitrogens with zero attached hydrogens (tertiary/aromatic N) is 1. The van der Waals surface area contributed by atoms with Crippen LogP contribution >= 0.6 is 12.6 Å². The molecule has 3 heteroatoms. The van der Waals surface area contributed by atoms with Crippen molar-refractivity contribution < 1.29 is 0 Å². The minimum atomic E-state index is 0. The molecular weight excluding hydrogens is 129 g/mol. The van der Waals surface area contributed by atoms with E-state index in [1.807, 2.05) is 0 Å². The van der Waals surface area contributed by atoms with Crippen LogP contribution in [0, 0.1) is 0 Å². The average molecular weight is 144 g/mol. The molecule has 0 aromatic heterocycles. The summed E-state index contributed by atoms with van der Waals surface area (Å²) in [4.78, 5) is 2.35. The molecule has 0 N–H and O–H groups in total. The first-order valence-corrected chi connectivity index (χ1v) is 3.81. The van der Waals surface area contributed by atoms with Gasteiger partial charge in [0.1, 0.15) is 0 Å². The molecule has 0 rings (SSSR count). The van der Waals surface area contributed by atoms with Crippen LogP contribution in [0.4, 0.5) is 0 Å². The molecule has 53 valence electrons. The Labute approximate surface area is 65.8 Å². The summed E-state index contributed by atoms with van der Waals surface area (Å²) < 4.78 is 0. The van der Waals surface area contributed by atoms with Crippen LogP contribution in [0.5, 0.6) is 0 Å². The topological polar surface area (TPSA) is 3.24 Å². The zero-order valence-electron chi connectivity index (χ0n) is 6.30. The van der Waals surface area contributed by atoms with Crippen LogP contribution < -0.4 is 0 Å². The molecule has 0 amide bonds. The van der Waals surface area contributed by atoms with Crippen molar-refractivity contribution in [3.05, 3.63) is 0 Å². The Balaban J connectivity index is 0. The van der Waals surface area contributed by atoms with Gasteiger partial charge in [-0.2, -0.15) is 12.6 Å². The van der Waals surface area contributed by atoms with Crippen molar-refractivity contribution in [2.45, 2.75) is 13.8 Å². The second kappa shape index (κ2) is 8.37. The lowest BCUT2D eigenvalue weighted by atomic mass is 10.5. The summed E-state index contributed by atoms with van der Waals surface area (Å²) >= 11 is 4.13. The monoisotopic (exact) mass is 144 g/mol. The third kappa shape index (κ3) is 6.26. The van der Waals surface area contributed by atoms with Gasteiger partial charge in [0.15, 0.2) is 0 Å². The summed E-state index contributed by atoms with van der Waals surface area (Å²) in [5.41, 5.74) is 0. The SMILES string of the molecule is CCN(CC)CCS.[B]. The molecule has 0 aliphatic heterocycles. The van der Waals surface area contributed by atoms with Crippen LogP contribution in [-0.4, -0.2) is 38.7 Å². The van der Waals surface area contributed by atoms with Crippen molar-refractivity contribution in [2.75, 3.05) is 25.4 Å². The molecule has 9 heavy (non-hydrogen) atoms. The van der Waals surface area contributed by atoms with Crippen LogP contribution in [0.15, 0.2) is 0 Å². The molecular formula is C6H15BNS. The van der Waals surface area contributed by atoms with E-state index >= 15 is 0 Å². The average Bonchev–Trinajstić information content (AvgIpc) is 1.83. The number of hydrogen-bond acceptors (Lipinski definition) is 2. The van der Waals surface area contributed by atoms with E-state index in [-0.39, 0.29) is 8.41 Å². The van der Waals surface area contributed by atoms with Crippen molar-refractivity contribution in [1.82, 2.24) is 4.90 Å². The summed E-state index contributed by atoms with van der Waals surface area (Å²) in [5, 5.41) is 0. The maximum absolute atomic E-state index is 4.13. The van der Waals surface area contributed by atoms with E-state index in [0.717, 1.165) is 25.4 Å². The molecule has 1 nitrogen and oxygen atoms in total. The second-order valence-corrected chi connectivity index (χ2v) is 2.20. The van der Waals surface area contributed by atoms with Gasteiger partial charge >= 0.3 is 0 Å². The predicted octanol–water partition coefficient (Wildman–Crippen LogP) is 0.877. The molecule has 0 aromatic rings. The van der Waals surface area contributed by atoms with Gasteiger partial charge in [-0.15, -0.1) is 0 Å². The summed E-state index contributed by atoms with van der Waals surface area (Å²) in [7, 11) is 0. The zero-order chi connectivity index (χ0) is 6.41. The number of thiol groups is 1. The van der Waals surface area contributed by atoms with Gasteiger partial charge in [-0.1, -0.05) is 13.8 Å². The van der Waals surface area contributed by atoms with E-state index in [1.165, 1.54) is 0 Å². The van der Waals surface area contributed by atoms with Gasteiger partial charge < -0.3 is 4.90 Å². The minimum Gasteiger partial charge on any atom is -0.303 e. The van der Waals surface area contributed by atoms with Gasteiger partial charge in [0.2, 0.25) is 0 Å². The molecule has 0 fully saturated rings. The van der Waals surface area contributed by atoms with Crippen molar-refractivity contribution >= 4 is 21.0 Å². The fourth-order valence-electron chi connectivity index (χ4n) is 0.681.